The summed E-state index contributed by atoms with van der Waals surface area (Å²) in [6.07, 6.45) is 3.78. The minimum absolute atomic E-state index is 0.00432. The molecule has 1 saturated carbocycles. The predicted molar refractivity (Wildman–Crippen MR) is 72.4 cm³/mol. The second-order valence-corrected chi connectivity index (χ2v) is 5.64. The van der Waals surface area contributed by atoms with Gasteiger partial charge in [-0.25, -0.2) is 4.98 Å². The maximum Gasteiger partial charge on any atom is 0.254 e. The zero-order valence-corrected chi connectivity index (χ0v) is 12.0. The summed E-state index contributed by atoms with van der Waals surface area (Å²) in [7, 11) is 0. The van der Waals surface area contributed by atoms with Gasteiger partial charge in [-0.05, 0) is 47.8 Å². The average molecular weight is 313 g/mol. The smallest absolute Gasteiger partial charge is 0.254 e. The lowest BCUT2D eigenvalue weighted by Gasteiger charge is -2.28. The SMILES string of the molecule is Cc1ccc(C(=O)NC2(CO)CCCC2)c(Br)n1. The molecule has 0 saturated heterocycles. The summed E-state index contributed by atoms with van der Waals surface area (Å²) < 4.78 is 0.547. The van der Waals surface area contributed by atoms with Crippen LogP contribution in [-0.2, 0) is 0 Å². The lowest BCUT2D eigenvalue weighted by molar-refractivity contribution is 0.0837. The Balaban J connectivity index is 2.16. The molecule has 5 heteroatoms. The van der Waals surface area contributed by atoms with Gasteiger partial charge in [0.15, 0.2) is 0 Å². The molecular weight excluding hydrogens is 296 g/mol. The number of carbonyl (C=O) groups is 1. The molecule has 1 aromatic rings. The number of aliphatic hydroxyl groups is 1. The van der Waals surface area contributed by atoms with Gasteiger partial charge in [0.2, 0.25) is 0 Å². The number of aromatic nitrogens is 1. The molecule has 0 spiro atoms. The molecule has 0 unspecified atom stereocenters. The predicted octanol–water partition coefficient (Wildman–Crippen LogP) is 2.19. The molecule has 1 heterocycles. The van der Waals surface area contributed by atoms with Crippen LogP contribution in [0.2, 0.25) is 0 Å². The van der Waals surface area contributed by atoms with Crippen LogP contribution in [-0.4, -0.2) is 28.1 Å². The number of rotatable bonds is 3. The maximum atomic E-state index is 12.2. The first kappa shape index (κ1) is 13.5. The van der Waals surface area contributed by atoms with Gasteiger partial charge in [-0.15, -0.1) is 0 Å². The fourth-order valence-corrected chi connectivity index (χ4v) is 2.97. The van der Waals surface area contributed by atoms with Crippen molar-refractivity contribution in [1.29, 1.82) is 0 Å². The van der Waals surface area contributed by atoms with Gasteiger partial charge in [0.25, 0.3) is 5.91 Å². The second-order valence-electron chi connectivity index (χ2n) is 4.89. The molecular formula is C13H17BrN2O2. The van der Waals surface area contributed by atoms with E-state index < -0.39 is 5.54 Å². The van der Waals surface area contributed by atoms with E-state index in [1.165, 1.54) is 0 Å². The Morgan fingerprint density at radius 1 is 1.50 bits per heavy atom. The van der Waals surface area contributed by atoms with Gasteiger partial charge in [-0.2, -0.15) is 0 Å². The van der Waals surface area contributed by atoms with E-state index in [0.717, 1.165) is 31.4 Å². The fourth-order valence-electron chi connectivity index (χ4n) is 2.38. The first-order valence-electron chi connectivity index (χ1n) is 6.13. The Morgan fingerprint density at radius 2 is 2.17 bits per heavy atom. The van der Waals surface area contributed by atoms with Crippen molar-refractivity contribution in [1.82, 2.24) is 10.3 Å². The number of hydrogen-bond donors (Lipinski definition) is 2. The summed E-state index contributed by atoms with van der Waals surface area (Å²) >= 11 is 3.30. The van der Waals surface area contributed by atoms with Crippen LogP contribution in [0.1, 0.15) is 41.7 Å². The zero-order chi connectivity index (χ0) is 13.2. The van der Waals surface area contributed by atoms with Gasteiger partial charge in [0.05, 0.1) is 17.7 Å². The molecule has 0 aliphatic heterocycles. The van der Waals surface area contributed by atoms with Gasteiger partial charge in [-0.1, -0.05) is 12.8 Å². The molecule has 0 atom stereocenters. The molecule has 0 bridgehead atoms. The molecule has 4 nitrogen and oxygen atoms in total. The first-order chi connectivity index (χ1) is 8.56. The van der Waals surface area contributed by atoms with E-state index in [1.54, 1.807) is 12.1 Å². The third kappa shape index (κ3) is 2.72. The number of pyridine rings is 1. The highest BCUT2D eigenvalue weighted by Gasteiger charge is 2.35. The van der Waals surface area contributed by atoms with Crippen molar-refractivity contribution in [2.24, 2.45) is 0 Å². The topological polar surface area (TPSA) is 62.2 Å². The van der Waals surface area contributed by atoms with Crippen molar-refractivity contribution in [3.8, 4) is 0 Å². The Bertz CT molecular complexity index is 456. The fraction of sp³-hybridized carbons (Fsp3) is 0.538. The monoisotopic (exact) mass is 312 g/mol. The third-order valence-corrected chi connectivity index (χ3v) is 4.08. The molecule has 1 aromatic heterocycles. The van der Waals surface area contributed by atoms with Gasteiger partial charge < -0.3 is 10.4 Å². The Labute approximate surface area is 115 Å². The van der Waals surface area contributed by atoms with Crippen LogP contribution in [0, 0.1) is 6.92 Å². The van der Waals surface area contributed by atoms with Crippen LogP contribution in [0.3, 0.4) is 0 Å². The van der Waals surface area contributed by atoms with Crippen molar-refractivity contribution >= 4 is 21.8 Å². The van der Waals surface area contributed by atoms with Crippen molar-refractivity contribution in [3.63, 3.8) is 0 Å². The molecule has 2 rings (SSSR count). The summed E-state index contributed by atoms with van der Waals surface area (Å²) in [6.45, 7) is 1.87. The first-order valence-corrected chi connectivity index (χ1v) is 6.92. The summed E-state index contributed by atoms with van der Waals surface area (Å²) in [6, 6.07) is 3.56. The Morgan fingerprint density at radius 3 is 2.72 bits per heavy atom. The van der Waals surface area contributed by atoms with Crippen LogP contribution >= 0.6 is 15.9 Å². The van der Waals surface area contributed by atoms with Crippen LogP contribution < -0.4 is 5.32 Å². The van der Waals surface area contributed by atoms with Crippen LogP contribution in [0.5, 0.6) is 0 Å². The van der Waals surface area contributed by atoms with E-state index in [0.29, 0.717) is 10.2 Å². The van der Waals surface area contributed by atoms with Gasteiger partial charge >= 0.3 is 0 Å². The van der Waals surface area contributed by atoms with E-state index in [1.807, 2.05) is 6.92 Å². The third-order valence-electron chi connectivity index (χ3n) is 3.47. The maximum absolute atomic E-state index is 12.2. The molecule has 1 aliphatic rings. The largest absolute Gasteiger partial charge is 0.394 e. The number of carbonyl (C=O) groups excluding carboxylic acids is 1. The van der Waals surface area contributed by atoms with Gasteiger partial charge in [0.1, 0.15) is 4.60 Å². The lowest BCUT2D eigenvalue weighted by atomic mass is 9.98. The summed E-state index contributed by atoms with van der Waals surface area (Å²) in [5.74, 6) is -0.176. The van der Waals surface area contributed by atoms with Crippen LogP contribution in [0.25, 0.3) is 0 Å². The Hall–Kier alpha value is -0.940. The average Bonchev–Trinajstić information content (AvgIpc) is 2.78. The zero-order valence-electron chi connectivity index (χ0n) is 10.4. The Kier molecular flexibility index (Phi) is 4.02. The molecule has 2 N–H and O–H groups in total. The number of amides is 1. The van der Waals surface area contributed by atoms with E-state index in [4.69, 9.17) is 0 Å². The number of hydrogen-bond acceptors (Lipinski definition) is 3. The quantitative estimate of drug-likeness (QED) is 0.841. The van der Waals surface area contributed by atoms with Crippen molar-refractivity contribution < 1.29 is 9.90 Å². The minimum Gasteiger partial charge on any atom is -0.394 e. The molecule has 98 valence electrons. The van der Waals surface area contributed by atoms with Crippen molar-refractivity contribution in [2.45, 2.75) is 38.1 Å². The van der Waals surface area contributed by atoms with E-state index in [2.05, 4.69) is 26.2 Å². The molecule has 1 amide bonds. The molecule has 18 heavy (non-hydrogen) atoms. The van der Waals surface area contributed by atoms with Gasteiger partial charge in [0, 0.05) is 5.69 Å². The number of nitrogens with one attached hydrogen (secondary N) is 1. The van der Waals surface area contributed by atoms with E-state index in [9.17, 15) is 9.90 Å². The summed E-state index contributed by atoms with van der Waals surface area (Å²) in [4.78, 5) is 16.4. The number of aryl methyl sites for hydroxylation is 1. The highest BCUT2D eigenvalue weighted by Crippen LogP contribution is 2.29. The lowest BCUT2D eigenvalue weighted by Crippen LogP contribution is -2.49. The molecule has 1 aliphatic carbocycles. The number of aliphatic hydroxyl groups excluding tert-OH is 1. The normalized spacial score (nSPS) is 17.7. The highest BCUT2D eigenvalue weighted by molar-refractivity contribution is 9.10. The highest BCUT2D eigenvalue weighted by atomic mass is 79.9. The second kappa shape index (κ2) is 5.36. The van der Waals surface area contributed by atoms with Crippen LogP contribution in [0.15, 0.2) is 16.7 Å². The van der Waals surface area contributed by atoms with E-state index in [-0.39, 0.29) is 12.5 Å². The molecule has 0 radical (unpaired) electrons. The standard InChI is InChI=1S/C13H17BrN2O2/c1-9-4-5-10(11(14)15-9)12(18)16-13(8-17)6-2-3-7-13/h4-5,17H,2-3,6-8H2,1H3,(H,16,18). The molecule has 0 aromatic carbocycles. The summed E-state index contributed by atoms with van der Waals surface area (Å²) in [5, 5.41) is 12.4. The van der Waals surface area contributed by atoms with Crippen molar-refractivity contribution in [2.75, 3.05) is 6.61 Å². The minimum atomic E-state index is -0.443. The number of halogens is 1. The molecule has 1 fully saturated rings. The van der Waals surface area contributed by atoms with Crippen molar-refractivity contribution in [3.05, 3.63) is 28.0 Å². The van der Waals surface area contributed by atoms with E-state index >= 15 is 0 Å². The van der Waals surface area contributed by atoms with Gasteiger partial charge in [-0.3, -0.25) is 4.79 Å². The summed E-state index contributed by atoms with van der Waals surface area (Å²) in [5.41, 5.74) is 0.929. The van der Waals surface area contributed by atoms with Crippen LogP contribution in [0.4, 0.5) is 0 Å². The number of nitrogens with zero attached hydrogens (tertiary/aromatic N) is 1.